The Morgan fingerprint density at radius 1 is 1.40 bits per heavy atom. The maximum atomic E-state index is 10.9. The van der Waals surface area contributed by atoms with Gasteiger partial charge in [-0.2, -0.15) is 5.26 Å². The average Bonchev–Trinajstić information content (AvgIpc) is 2.38. The predicted molar refractivity (Wildman–Crippen MR) is 76.6 cm³/mol. The van der Waals surface area contributed by atoms with E-state index in [2.05, 4.69) is 6.07 Å². The number of nitriles is 1. The predicted octanol–water partition coefficient (Wildman–Crippen LogP) is 4.00. The summed E-state index contributed by atoms with van der Waals surface area (Å²) in [7, 11) is 0. The lowest BCUT2D eigenvalue weighted by Gasteiger charge is -2.14. The number of benzene rings is 1. The summed E-state index contributed by atoms with van der Waals surface area (Å²) < 4.78 is 5.50. The van der Waals surface area contributed by atoms with Crippen LogP contribution in [0, 0.1) is 33.8 Å². The van der Waals surface area contributed by atoms with Crippen molar-refractivity contribution in [3.8, 4) is 11.8 Å². The number of nitro groups is 1. The van der Waals surface area contributed by atoms with Crippen LogP contribution in [0.1, 0.15) is 38.7 Å². The molecule has 108 valence electrons. The van der Waals surface area contributed by atoms with E-state index in [1.165, 1.54) is 6.07 Å². The van der Waals surface area contributed by atoms with Gasteiger partial charge in [0.05, 0.1) is 23.0 Å². The van der Waals surface area contributed by atoms with Crippen molar-refractivity contribution in [3.63, 3.8) is 0 Å². The van der Waals surface area contributed by atoms with Crippen molar-refractivity contribution < 1.29 is 9.66 Å². The van der Waals surface area contributed by atoms with Crippen LogP contribution in [0.3, 0.4) is 0 Å². The van der Waals surface area contributed by atoms with Crippen molar-refractivity contribution in [3.05, 3.63) is 33.9 Å². The van der Waals surface area contributed by atoms with Crippen molar-refractivity contribution >= 4 is 5.69 Å². The van der Waals surface area contributed by atoms with E-state index in [0.717, 1.165) is 24.8 Å². The Balaban J connectivity index is 2.49. The third kappa shape index (κ3) is 4.88. The highest BCUT2D eigenvalue weighted by atomic mass is 16.6. The monoisotopic (exact) mass is 276 g/mol. The van der Waals surface area contributed by atoms with Crippen LogP contribution in [0.4, 0.5) is 5.69 Å². The maximum absolute atomic E-state index is 10.9. The van der Waals surface area contributed by atoms with E-state index in [4.69, 9.17) is 10.00 Å². The Hall–Kier alpha value is -2.09. The molecule has 0 spiro atoms. The number of unbranched alkanes of at least 4 members (excludes halogenated alkanes) is 1. The van der Waals surface area contributed by atoms with E-state index in [-0.39, 0.29) is 11.1 Å². The minimum atomic E-state index is -0.437. The first-order valence-electron chi connectivity index (χ1n) is 6.65. The highest BCUT2D eigenvalue weighted by molar-refractivity contribution is 5.48. The molecule has 0 aromatic heterocycles. The second-order valence-corrected chi connectivity index (χ2v) is 5.53. The molecule has 0 aliphatic rings. The second-order valence-electron chi connectivity index (χ2n) is 5.53. The van der Waals surface area contributed by atoms with Crippen molar-refractivity contribution in [2.75, 3.05) is 6.61 Å². The molecule has 1 rings (SSSR count). The van der Waals surface area contributed by atoms with Crippen LogP contribution in [-0.2, 0) is 0 Å². The van der Waals surface area contributed by atoms with Gasteiger partial charge < -0.3 is 4.74 Å². The molecule has 0 atom stereocenters. The fraction of sp³-hybridized carbons (Fsp3) is 0.533. The van der Waals surface area contributed by atoms with Gasteiger partial charge in [0, 0.05) is 6.07 Å². The third-order valence-electron chi connectivity index (χ3n) is 3.07. The molecule has 0 fully saturated rings. The summed E-state index contributed by atoms with van der Waals surface area (Å²) in [5.74, 6) is 0.314. The Morgan fingerprint density at radius 3 is 2.70 bits per heavy atom. The topological polar surface area (TPSA) is 76.2 Å². The lowest BCUT2D eigenvalue weighted by molar-refractivity contribution is -0.385. The molecule has 0 aliphatic heterocycles. The summed E-state index contributed by atoms with van der Waals surface area (Å²) in [6.07, 6.45) is 2.43. The summed E-state index contributed by atoms with van der Waals surface area (Å²) >= 11 is 0. The van der Waals surface area contributed by atoms with Gasteiger partial charge in [0.1, 0.15) is 0 Å². The van der Waals surface area contributed by atoms with Gasteiger partial charge in [0.2, 0.25) is 0 Å². The largest absolute Gasteiger partial charge is 0.487 e. The Morgan fingerprint density at radius 2 is 2.10 bits per heavy atom. The van der Waals surface area contributed by atoms with Crippen LogP contribution < -0.4 is 4.74 Å². The highest BCUT2D eigenvalue weighted by Crippen LogP contribution is 2.28. The molecule has 5 heteroatoms. The zero-order valence-corrected chi connectivity index (χ0v) is 12.2. The number of nitrogens with zero attached hydrogens (tertiary/aromatic N) is 2. The molecule has 0 heterocycles. The van der Waals surface area contributed by atoms with E-state index < -0.39 is 4.92 Å². The van der Waals surface area contributed by atoms with Gasteiger partial charge in [0.25, 0.3) is 0 Å². The fourth-order valence-corrected chi connectivity index (χ4v) is 1.79. The molecular formula is C15H20N2O3. The van der Waals surface area contributed by atoms with Crippen LogP contribution in [0.5, 0.6) is 5.75 Å². The smallest absolute Gasteiger partial charge is 0.310 e. The SMILES string of the molecule is Cc1ccc([N+](=O)[O-])c(OCCCCC(C)(C)C#N)c1. The average molecular weight is 276 g/mol. The van der Waals surface area contributed by atoms with Crippen LogP contribution in [0.25, 0.3) is 0 Å². The minimum absolute atomic E-state index is 0.00652. The Bertz CT molecular complexity index is 518. The molecule has 0 saturated carbocycles. The number of nitro benzene ring substituents is 1. The third-order valence-corrected chi connectivity index (χ3v) is 3.07. The van der Waals surface area contributed by atoms with Gasteiger partial charge in [-0.05, 0) is 51.7 Å². The molecule has 0 amide bonds. The van der Waals surface area contributed by atoms with E-state index in [9.17, 15) is 10.1 Å². The van der Waals surface area contributed by atoms with Crippen molar-refractivity contribution in [2.45, 2.75) is 40.0 Å². The van der Waals surface area contributed by atoms with Crippen LogP contribution >= 0.6 is 0 Å². The summed E-state index contributed by atoms with van der Waals surface area (Å²) in [4.78, 5) is 10.4. The first-order valence-corrected chi connectivity index (χ1v) is 6.65. The van der Waals surface area contributed by atoms with Crippen molar-refractivity contribution in [1.82, 2.24) is 0 Å². The molecule has 0 saturated heterocycles. The van der Waals surface area contributed by atoms with Crippen LogP contribution in [0.15, 0.2) is 18.2 Å². The van der Waals surface area contributed by atoms with Gasteiger partial charge in [-0.25, -0.2) is 0 Å². The number of ether oxygens (including phenoxy) is 1. The number of hydrogen-bond acceptors (Lipinski definition) is 4. The number of aryl methyl sites for hydroxylation is 1. The standard InChI is InChI=1S/C15H20N2O3/c1-12-6-7-13(17(18)19)14(10-12)20-9-5-4-8-15(2,3)11-16/h6-7,10H,4-5,8-9H2,1-3H3. The van der Waals surface area contributed by atoms with E-state index >= 15 is 0 Å². The maximum Gasteiger partial charge on any atom is 0.310 e. The first kappa shape index (κ1) is 16.0. The second kappa shape index (κ2) is 6.90. The van der Waals surface area contributed by atoms with Crippen molar-refractivity contribution in [2.24, 2.45) is 5.41 Å². The normalized spacial score (nSPS) is 10.9. The quantitative estimate of drug-likeness (QED) is 0.428. The van der Waals surface area contributed by atoms with E-state index in [0.29, 0.717) is 12.4 Å². The molecular weight excluding hydrogens is 256 g/mol. The van der Waals surface area contributed by atoms with E-state index in [1.54, 1.807) is 12.1 Å². The number of hydrogen-bond donors (Lipinski definition) is 0. The molecule has 0 radical (unpaired) electrons. The van der Waals surface area contributed by atoms with Gasteiger partial charge in [-0.1, -0.05) is 6.07 Å². The van der Waals surface area contributed by atoms with Crippen LogP contribution in [-0.4, -0.2) is 11.5 Å². The van der Waals surface area contributed by atoms with Gasteiger partial charge in [-0.3, -0.25) is 10.1 Å². The number of rotatable bonds is 7. The summed E-state index contributed by atoms with van der Waals surface area (Å²) in [6, 6.07) is 7.09. The van der Waals surface area contributed by atoms with Crippen molar-refractivity contribution in [1.29, 1.82) is 5.26 Å². The zero-order chi connectivity index (χ0) is 15.2. The molecule has 0 aliphatic carbocycles. The Kier molecular flexibility index (Phi) is 5.51. The molecule has 5 nitrogen and oxygen atoms in total. The molecule has 0 N–H and O–H groups in total. The molecule has 1 aromatic carbocycles. The summed E-state index contributed by atoms with van der Waals surface area (Å²) in [6.45, 7) is 6.09. The first-order chi connectivity index (χ1) is 9.35. The van der Waals surface area contributed by atoms with E-state index in [1.807, 2.05) is 20.8 Å². The minimum Gasteiger partial charge on any atom is -0.487 e. The lowest BCUT2D eigenvalue weighted by atomic mass is 9.89. The highest BCUT2D eigenvalue weighted by Gasteiger charge is 2.17. The van der Waals surface area contributed by atoms with Crippen LogP contribution in [0.2, 0.25) is 0 Å². The lowest BCUT2D eigenvalue weighted by Crippen LogP contribution is -2.08. The van der Waals surface area contributed by atoms with Gasteiger partial charge in [-0.15, -0.1) is 0 Å². The fourth-order valence-electron chi connectivity index (χ4n) is 1.79. The molecule has 20 heavy (non-hydrogen) atoms. The molecule has 0 bridgehead atoms. The van der Waals surface area contributed by atoms with Gasteiger partial charge >= 0.3 is 5.69 Å². The summed E-state index contributed by atoms with van der Waals surface area (Å²) in [5, 5.41) is 19.8. The van der Waals surface area contributed by atoms with Gasteiger partial charge in [0.15, 0.2) is 5.75 Å². The summed E-state index contributed by atoms with van der Waals surface area (Å²) in [5.41, 5.74) is 0.596. The zero-order valence-electron chi connectivity index (χ0n) is 12.2. The Labute approximate surface area is 119 Å². The molecule has 0 unspecified atom stereocenters. The molecule has 1 aromatic rings.